The molecule has 172 valence electrons. The minimum absolute atomic E-state index is 0.150. The molecule has 2 N–H and O–H groups in total. The number of ether oxygens (including phenoxy) is 2. The second-order valence-corrected chi connectivity index (χ2v) is 8.31. The Bertz CT molecular complexity index is 1140. The summed E-state index contributed by atoms with van der Waals surface area (Å²) in [4.78, 5) is 26.2. The Kier molecular flexibility index (Phi) is 8.32. The lowest BCUT2D eigenvalue weighted by atomic mass is 10.2. The van der Waals surface area contributed by atoms with Crippen LogP contribution in [-0.2, 0) is 4.79 Å². The van der Waals surface area contributed by atoms with Crippen LogP contribution >= 0.6 is 11.8 Å². The van der Waals surface area contributed by atoms with Gasteiger partial charge in [0.25, 0.3) is 5.91 Å². The lowest BCUT2D eigenvalue weighted by Gasteiger charge is -2.16. The van der Waals surface area contributed by atoms with Crippen LogP contribution < -0.4 is 20.1 Å². The fourth-order valence-corrected chi connectivity index (χ4v) is 4.10. The molecule has 0 bridgehead atoms. The van der Waals surface area contributed by atoms with E-state index in [9.17, 15) is 14.0 Å². The van der Waals surface area contributed by atoms with Gasteiger partial charge in [0.2, 0.25) is 5.91 Å². The predicted molar refractivity (Wildman–Crippen MR) is 129 cm³/mol. The van der Waals surface area contributed by atoms with Gasteiger partial charge in [-0.25, -0.2) is 4.39 Å². The molecule has 2 amide bonds. The molecule has 33 heavy (non-hydrogen) atoms. The van der Waals surface area contributed by atoms with Crippen LogP contribution in [0.3, 0.4) is 0 Å². The Morgan fingerprint density at radius 3 is 2.39 bits per heavy atom. The quantitative estimate of drug-likeness (QED) is 0.400. The molecule has 0 aliphatic rings. The Morgan fingerprint density at radius 2 is 1.70 bits per heavy atom. The molecule has 1 atom stereocenters. The number of rotatable bonds is 9. The summed E-state index contributed by atoms with van der Waals surface area (Å²) in [6.07, 6.45) is 0.549. The fraction of sp³-hybridized carbons (Fsp3) is 0.200. The van der Waals surface area contributed by atoms with Crippen LogP contribution in [0.2, 0.25) is 0 Å². The smallest absolute Gasteiger partial charge is 0.255 e. The van der Waals surface area contributed by atoms with Crippen LogP contribution in [0.4, 0.5) is 15.8 Å². The third-order valence-corrected chi connectivity index (χ3v) is 6.17. The summed E-state index contributed by atoms with van der Waals surface area (Å²) in [5.74, 6) is -0.0757. The predicted octanol–water partition coefficient (Wildman–Crippen LogP) is 5.60. The average molecular weight is 469 g/mol. The average Bonchev–Trinajstić information content (AvgIpc) is 2.83. The van der Waals surface area contributed by atoms with Crippen molar-refractivity contribution in [1.29, 1.82) is 0 Å². The maximum absolute atomic E-state index is 13.9. The maximum atomic E-state index is 13.9. The first-order valence-corrected chi connectivity index (χ1v) is 11.2. The van der Waals surface area contributed by atoms with Crippen LogP contribution in [0.1, 0.15) is 23.7 Å². The van der Waals surface area contributed by atoms with Crippen molar-refractivity contribution in [3.8, 4) is 11.5 Å². The van der Waals surface area contributed by atoms with E-state index in [1.807, 2.05) is 13.0 Å². The molecule has 0 spiro atoms. The second-order valence-electron chi connectivity index (χ2n) is 7.04. The first-order chi connectivity index (χ1) is 15.9. The van der Waals surface area contributed by atoms with Crippen molar-refractivity contribution in [2.24, 2.45) is 0 Å². The molecule has 8 heteroatoms. The van der Waals surface area contributed by atoms with Gasteiger partial charge >= 0.3 is 0 Å². The highest BCUT2D eigenvalue weighted by molar-refractivity contribution is 8.00. The zero-order valence-electron chi connectivity index (χ0n) is 18.6. The molecule has 0 heterocycles. The van der Waals surface area contributed by atoms with Crippen LogP contribution in [-0.4, -0.2) is 31.3 Å². The van der Waals surface area contributed by atoms with Gasteiger partial charge in [0.05, 0.1) is 25.2 Å². The minimum atomic E-state index is -0.481. The van der Waals surface area contributed by atoms with Crippen LogP contribution in [0, 0.1) is 5.82 Å². The van der Waals surface area contributed by atoms with Gasteiger partial charge in [-0.05, 0) is 55.0 Å². The van der Waals surface area contributed by atoms with Crippen molar-refractivity contribution < 1.29 is 23.5 Å². The van der Waals surface area contributed by atoms with Gasteiger partial charge in [-0.3, -0.25) is 9.59 Å². The Balaban J connectivity index is 1.69. The van der Waals surface area contributed by atoms with E-state index < -0.39 is 11.1 Å². The molecule has 0 saturated heterocycles. The molecule has 0 saturated carbocycles. The molecule has 6 nitrogen and oxygen atoms in total. The highest BCUT2D eigenvalue weighted by atomic mass is 32.2. The molecule has 1 unspecified atom stereocenters. The Hall–Kier alpha value is -3.52. The van der Waals surface area contributed by atoms with E-state index in [1.165, 1.54) is 38.1 Å². The fourth-order valence-electron chi connectivity index (χ4n) is 3.09. The Morgan fingerprint density at radius 1 is 0.939 bits per heavy atom. The van der Waals surface area contributed by atoms with Crippen LogP contribution in [0.5, 0.6) is 11.5 Å². The highest BCUT2D eigenvalue weighted by Gasteiger charge is 2.19. The molecule has 3 aromatic rings. The third kappa shape index (κ3) is 6.26. The van der Waals surface area contributed by atoms with E-state index in [-0.39, 0.29) is 17.5 Å². The summed E-state index contributed by atoms with van der Waals surface area (Å²) in [7, 11) is 3.04. The van der Waals surface area contributed by atoms with Gasteiger partial charge in [0.1, 0.15) is 5.82 Å². The first kappa shape index (κ1) is 24.1. The van der Waals surface area contributed by atoms with Crippen molar-refractivity contribution in [2.75, 3.05) is 24.9 Å². The van der Waals surface area contributed by atoms with Crippen LogP contribution in [0.25, 0.3) is 0 Å². The number of carbonyl (C=O) groups excluding carboxylic acids is 2. The molecule has 0 aliphatic heterocycles. The van der Waals surface area contributed by atoms with Gasteiger partial charge in [-0.15, -0.1) is 11.8 Å². The molecule has 0 aliphatic carbocycles. The zero-order valence-corrected chi connectivity index (χ0v) is 19.4. The summed E-state index contributed by atoms with van der Waals surface area (Å²) in [6.45, 7) is 1.89. The van der Waals surface area contributed by atoms with E-state index in [2.05, 4.69) is 10.6 Å². The largest absolute Gasteiger partial charge is 0.493 e. The number of anilines is 2. The number of amides is 2. The van der Waals surface area contributed by atoms with Crippen molar-refractivity contribution in [1.82, 2.24) is 0 Å². The maximum Gasteiger partial charge on any atom is 0.255 e. The van der Waals surface area contributed by atoms with Gasteiger partial charge in [0, 0.05) is 16.1 Å². The van der Waals surface area contributed by atoms with Crippen molar-refractivity contribution >= 4 is 35.0 Å². The zero-order chi connectivity index (χ0) is 23.8. The molecule has 3 rings (SSSR count). The lowest BCUT2D eigenvalue weighted by molar-refractivity contribution is -0.115. The number of methoxy groups -OCH3 is 2. The van der Waals surface area contributed by atoms with Crippen molar-refractivity contribution in [2.45, 2.75) is 23.5 Å². The number of hydrogen-bond donors (Lipinski definition) is 2. The third-order valence-electron chi connectivity index (χ3n) is 4.81. The van der Waals surface area contributed by atoms with Crippen molar-refractivity contribution in [3.63, 3.8) is 0 Å². The number of benzene rings is 3. The number of thioether (sulfide) groups is 1. The number of carbonyl (C=O) groups is 2. The van der Waals surface area contributed by atoms with E-state index in [1.54, 1.807) is 48.5 Å². The summed E-state index contributed by atoms with van der Waals surface area (Å²) >= 11 is 1.35. The summed E-state index contributed by atoms with van der Waals surface area (Å²) in [5, 5.41) is 5.07. The molecular formula is C25H25FN2O4S. The topological polar surface area (TPSA) is 76.7 Å². The van der Waals surface area contributed by atoms with E-state index in [0.29, 0.717) is 29.2 Å². The highest BCUT2D eigenvalue weighted by Crippen LogP contribution is 2.30. The lowest BCUT2D eigenvalue weighted by Crippen LogP contribution is -2.25. The van der Waals surface area contributed by atoms with E-state index >= 15 is 0 Å². The van der Waals surface area contributed by atoms with Gasteiger partial charge < -0.3 is 20.1 Å². The SMILES string of the molecule is CCC(Sc1cccc(NC(=O)c2ccc(OC)c(OC)c2)c1)C(=O)Nc1ccccc1F. The minimum Gasteiger partial charge on any atom is -0.493 e. The summed E-state index contributed by atoms with van der Waals surface area (Å²) < 4.78 is 24.3. The van der Waals surface area contributed by atoms with Gasteiger partial charge in [0.15, 0.2) is 11.5 Å². The molecule has 0 fully saturated rings. The molecule has 0 aromatic heterocycles. The standard InChI is InChI=1S/C25H25FN2O4S/c1-4-23(25(30)28-20-11-6-5-10-19(20)26)33-18-9-7-8-17(15-18)27-24(29)16-12-13-21(31-2)22(14-16)32-3/h5-15,23H,4H2,1-3H3,(H,27,29)(H,28,30). The monoisotopic (exact) mass is 468 g/mol. The molecule has 3 aromatic carbocycles. The summed E-state index contributed by atoms with van der Waals surface area (Å²) in [5.41, 5.74) is 1.16. The van der Waals surface area contributed by atoms with Crippen molar-refractivity contribution in [3.05, 3.63) is 78.1 Å². The van der Waals surface area contributed by atoms with E-state index in [0.717, 1.165) is 4.90 Å². The normalized spacial score (nSPS) is 11.4. The number of halogens is 1. The molecular weight excluding hydrogens is 443 g/mol. The second kappa shape index (κ2) is 11.4. The first-order valence-electron chi connectivity index (χ1n) is 10.3. The number of nitrogens with one attached hydrogen (secondary N) is 2. The van der Waals surface area contributed by atoms with Gasteiger partial charge in [-0.1, -0.05) is 25.1 Å². The summed E-state index contributed by atoms with van der Waals surface area (Å²) in [6, 6.07) is 18.2. The molecule has 0 radical (unpaired) electrons. The number of hydrogen-bond acceptors (Lipinski definition) is 5. The van der Waals surface area contributed by atoms with Crippen LogP contribution in [0.15, 0.2) is 71.6 Å². The Labute approximate surface area is 196 Å². The number of para-hydroxylation sites is 1. The van der Waals surface area contributed by atoms with E-state index in [4.69, 9.17) is 9.47 Å². The van der Waals surface area contributed by atoms with Gasteiger partial charge in [-0.2, -0.15) is 0 Å².